The van der Waals surface area contributed by atoms with Gasteiger partial charge in [0, 0.05) is 72.2 Å². The lowest BCUT2D eigenvalue weighted by atomic mass is 10.00. The average Bonchev–Trinajstić information content (AvgIpc) is 3.53. The first-order valence-electron chi connectivity index (χ1n) is 12.3. The van der Waals surface area contributed by atoms with E-state index in [1.54, 1.807) is 38.5 Å². The number of aromatic nitrogens is 4. The number of hydrogen-bond acceptors (Lipinski definition) is 5. The van der Waals surface area contributed by atoms with E-state index in [1.807, 2.05) is 60.3 Å². The highest BCUT2D eigenvalue weighted by Crippen LogP contribution is 2.37. The number of benzene rings is 2. The van der Waals surface area contributed by atoms with Gasteiger partial charge in [0.1, 0.15) is 11.3 Å². The lowest BCUT2D eigenvalue weighted by Crippen LogP contribution is -2.27. The summed E-state index contributed by atoms with van der Waals surface area (Å²) >= 11 is 0. The monoisotopic (exact) mass is 543 g/mol. The molecule has 5 aromatic rings. The number of hydrogen-bond donors (Lipinski definition) is 3. The summed E-state index contributed by atoms with van der Waals surface area (Å²) in [5.41, 5.74) is 7.18. The minimum absolute atomic E-state index is 0.196. The van der Waals surface area contributed by atoms with Gasteiger partial charge in [-0.2, -0.15) is 5.10 Å². The van der Waals surface area contributed by atoms with E-state index in [4.69, 9.17) is 5.10 Å². The van der Waals surface area contributed by atoms with E-state index in [9.17, 15) is 13.2 Å². The highest BCUT2D eigenvalue weighted by atomic mass is 32.2. The maximum atomic E-state index is 12.0. The fourth-order valence-corrected chi connectivity index (χ4v) is 4.88. The van der Waals surface area contributed by atoms with Gasteiger partial charge in [-0.05, 0) is 48.9 Å². The molecule has 0 fully saturated rings. The number of aromatic amines is 1. The number of nitrogens with zero attached hydrogens (tertiary/aromatic N) is 4. The molecule has 0 saturated carbocycles. The Hall–Kier alpha value is -4.64. The molecule has 39 heavy (non-hydrogen) atoms. The molecule has 10 nitrogen and oxygen atoms in total. The first-order valence-corrected chi connectivity index (χ1v) is 14.2. The zero-order valence-corrected chi connectivity index (χ0v) is 22.9. The van der Waals surface area contributed by atoms with Crippen molar-refractivity contribution in [3.8, 4) is 33.6 Å². The molecule has 0 radical (unpaired) electrons. The van der Waals surface area contributed by atoms with Crippen LogP contribution in [0.1, 0.15) is 6.92 Å². The standard InChI is InChI=1S/C28H29N7O3S/c1-5-35-17-24(26(32-35)18-9-11-20(12-10-18)30-28(36)34(2)3)22-13-14-29-27-23(22)16-25(31-27)19-7-6-8-21(15-19)33-39(4,37)38/h6-17,33H,5H2,1-4H3,(H,29,31)(H,30,36). The molecule has 0 spiro atoms. The normalized spacial score (nSPS) is 11.5. The van der Waals surface area contributed by atoms with Crippen LogP contribution in [0.25, 0.3) is 44.7 Å². The SMILES string of the molecule is CCn1cc(-c2ccnc3[nH]c(-c4cccc(NS(C)(=O)=O)c4)cc23)c(-c2ccc(NC(=O)N(C)C)cc2)n1. The molecule has 2 amide bonds. The van der Waals surface area contributed by atoms with E-state index in [0.29, 0.717) is 23.6 Å². The van der Waals surface area contributed by atoms with Crippen LogP contribution >= 0.6 is 0 Å². The van der Waals surface area contributed by atoms with E-state index >= 15 is 0 Å². The van der Waals surface area contributed by atoms with Crippen LogP contribution in [0.4, 0.5) is 16.2 Å². The van der Waals surface area contributed by atoms with Gasteiger partial charge in [0.25, 0.3) is 0 Å². The number of H-pyrrole nitrogens is 1. The second-order valence-corrected chi connectivity index (χ2v) is 11.2. The largest absolute Gasteiger partial charge is 0.339 e. The van der Waals surface area contributed by atoms with Crippen molar-refractivity contribution in [2.75, 3.05) is 30.4 Å². The van der Waals surface area contributed by atoms with Crippen LogP contribution in [-0.4, -0.2) is 59.4 Å². The molecule has 11 heteroatoms. The lowest BCUT2D eigenvalue weighted by molar-refractivity contribution is 0.230. The summed E-state index contributed by atoms with van der Waals surface area (Å²) in [7, 11) is -0.00626. The van der Waals surface area contributed by atoms with Gasteiger partial charge < -0.3 is 15.2 Å². The molecule has 0 aliphatic rings. The maximum Gasteiger partial charge on any atom is 0.321 e. The summed E-state index contributed by atoms with van der Waals surface area (Å²) < 4.78 is 27.8. The Morgan fingerprint density at radius 2 is 1.77 bits per heavy atom. The Bertz CT molecular complexity index is 1770. The molecule has 0 unspecified atom stereocenters. The van der Waals surface area contributed by atoms with Gasteiger partial charge in [0.15, 0.2) is 0 Å². The van der Waals surface area contributed by atoms with Crippen LogP contribution in [0.2, 0.25) is 0 Å². The summed E-state index contributed by atoms with van der Waals surface area (Å²) in [6.07, 6.45) is 4.90. The summed E-state index contributed by atoms with van der Waals surface area (Å²) in [4.78, 5) is 21.4. The van der Waals surface area contributed by atoms with Crippen LogP contribution in [0.15, 0.2) is 73.1 Å². The van der Waals surface area contributed by atoms with Crippen LogP contribution < -0.4 is 10.0 Å². The molecule has 200 valence electrons. The van der Waals surface area contributed by atoms with Gasteiger partial charge in [-0.15, -0.1) is 0 Å². The number of nitrogens with one attached hydrogen (secondary N) is 3. The number of amides is 2. The van der Waals surface area contributed by atoms with Crippen molar-refractivity contribution < 1.29 is 13.2 Å². The second-order valence-electron chi connectivity index (χ2n) is 9.41. The number of aryl methyl sites for hydroxylation is 1. The quantitative estimate of drug-likeness (QED) is 0.259. The topological polar surface area (TPSA) is 125 Å². The molecule has 0 aliphatic carbocycles. The first kappa shape index (κ1) is 26.0. The summed E-state index contributed by atoms with van der Waals surface area (Å²) in [5, 5.41) is 8.61. The molecular formula is C28H29N7O3S. The Labute approximate surface area is 226 Å². The van der Waals surface area contributed by atoms with E-state index in [-0.39, 0.29) is 6.03 Å². The highest BCUT2D eigenvalue weighted by Gasteiger charge is 2.18. The summed E-state index contributed by atoms with van der Waals surface area (Å²) in [6.45, 7) is 2.74. The van der Waals surface area contributed by atoms with Gasteiger partial charge in [-0.1, -0.05) is 24.3 Å². The number of pyridine rings is 1. The molecule has 0 bridgehead atoms. The van der Waals surface area contributed by atoms with Gasteiger partial charge in [0.2, 0.25) is 10.0 Å². The zero-order valence-electron chi connectivity index (χ0n) is 22.1. The third-order valence-electron chi connectivity index (χ3n) is 6.20. The van der Waals surface area contributed by atoms with Crippen molar-refractivity contribution in [2.45, 2.75) is 13.5 Å². The minimum atomic E-state index is -3.39. The zero-order chi connectivity index (χ0) is 27.7. The van der Waals surface area contributed by atoms with Crippen molar-refractivity contribution in [1.29, 1.82) is 0 Å². The predicted molar refractivity (Wildman–Crippen MR) is 155 cm³/mol. The number of fused-ring (bicyclic) bond motifs is 1. The predicted octanol–water partition coefficient (Wildman–Crippen LogP) is 5.25. The Kier molecular flexibility index (Phi) is 6.83. The fraction of sp³-hybridized carbons (Fsp3) is 0.179. The van der Waals surface area contributed by atoms with Crippen molar-refractivity contribution >= 4 is 38.5 Å². The van der Waals surface area contributed by atoms with Crippen molar-refractivity contribution in [2.24, 2.45) is 0 Å². The first-order chi connectivity index (χ1) is 18.6. The molecule has 0 saturated heterocycles. The van der Waals surface area contributed by atoms with Crippen molar-refractivity contribution in [1.82, 2.24) is 24.6 Å². The van der Waals surface area contributed by atoms with Crippen LogP contribution in [0, 0.1) is 0 Å². The number of urea groups is 1. The molecule has 3 heterocycles. The lowest BCUT2D eigenvalue weighted by Gasteiger charge is -2.12. The number of rotatable bonds is 7. The molecule has 3 N–H and O–H groups in total. The minimum Gasteiger partial charge on any atom is -0.339 e. The fourth-order valence-electron chi connectivity index (χ4n) is 4.32. The summed E-state index contributed by atoms with van der Waals surface area (Å²) in [6, 6.07) is 18.6. The molecule has 3 aromatic heterocycles. The van der Waals surface area contributed by atoms with Crippen LogP contribution in [0.3, 0.4) is 0 Å². The highest BCUT2D eigenvalue weighted by molar-refractivity contribution is 7.92. The van der Waals surface area contributed by atoms with Gasteiger partial charge in [0.05, 0.1) is 6.26 Å². The number of sulfonamides is 1. The third kappa shape index (κ3) is 5.63. The van der Waals surface area contributed by atoms with Crippen LogP contribution in [0.5, 0.6) is 0 Å². The van der Waals surface area contributed by atoms with Crippen molar-refractivity contribution in [3.05, 3.63) is 73.1 Å². The maximum absolute atomic E-state index is 12.0. The van der Waals surface area contributed by atoms with E-state index < -0.39 is 10.0 Å². The van der Waals surface area contributed by atoms with Gasteiger partial charge >= 0.3 is 6.03 Å². The number of anilines is 2. The number of carbonyl (C=O) groups is 1. The Morgan fingerprint density at radius 1 is 1.00 bits per heavy atom. The van der Waals surface area contributed by atoms with Crippen LogP contribution in [-0.2, 0) is 16.6 Å². The van der Waals surface area contributed by atoms with E-state index in [0.717, 1.165) is 45.3 Å². The van der Waals surface area contributed by atoms with E-state index in [2.05, 4.69) is 20.0 Å². The number of carbonyl (C=O) groups excluding carboxylic acids is 1. The van der Waals surface area contributed by atoms with E-state index in [1.165, 1.54) is 4.90 Å². The van der Waals surface area contributed by atoms with Gasteiger partial charge in [-0.3, -0.25) is 9.40 Å². The Balaban J connectivity index is 1.55. The molecule has 5 rings (SSSR count). The van der Waals surface area contributed by atoms with Crippen molar-refractivity contribution in [3.63, 3.8) is 0 Å². The van der Waals surface area contributed by atoms with Gasteiger partial charge in [-0.25, -0.2) is 18.2 Å². The third-order valence-corrected chi connectivity index (χ3v) is 6.81. The average molecular weight is 544 g/mol. The Morgan fingerprint density at radius 3 is 2.46 bits per heavy atom. The second kappa shape index (κ2) is 10.3. The molecule has 2 aromatic carbocycles. The summed E-state index contributed by atoms with van der Waals surface area (Å²) in [5.74, 6) is 0. The molecular weight excluding hydrogens is 514 g/mol. The molecule has 0 atom stereocenters. The smallest absolute Gasteiger partial charge is 0.321 e. The molecule has 0 aliphatic heterocycles.